The third-order valence-corrected chi connectivity index (χ3v) is 7.03. The van der Waals surface area contributed by atoms with Crippen LogP contribution in [-0.4, -0.2) is 0 Å². The first kappa shape index (κ1) is 24.2. The van der Waals surface area contributed by atoms with Crippen LogP contribution in [0.3, 0.4) is 0 Å². The average Bonchev–Trinajstić information content (AvgIpc) is 2.88. The van der Waals surface area contributed by atoms with Crippen molar-refractivity contribution in [3.63, 3.8) is 0 Å². The van der Waals surface area contributed by atoms with Gasteiger partial charge in [-0.05, 0) is 105 Å². The van der Waals surface area contributed by atoms with E-state index in [1.807, 2.05) is 0 Å². The monoisotopic (exact) mass is 486 g/mol. The van der Waals surface area contributed by atoms with Crippen molar-refractivity contribution in [1.82, 2.24) is 0 Å². The van der Waals surface area contributed by atoms with Crippen LogP contribution >= 0.6 is 0 Å². The molecule has 3 aliphatic carbocycles. The normalized spacial score (nSPS) is 27.3. The molecule has 180 valence electrons. The van der Waals surface area contributed by atoms with Crippen molar-refractivity contribution >= 4 is 0 Å². The Hall–Kier alpha value is -4.92. The Bertz CT molecular complexity index is 1080. The number of hydrogen-bond donors (Lipinski definition) is 0. The minimum atomic E-state index is -0.693. The average molecular weight is 486 g/mol. The van der Waals surface area contributed by atoms with Crippen LogP contribution in [0.5, 0.6) is 0 Å². The molecule has 18 heteroatoms. The van der Waals surface area contributed by atoms with Crippen LogP contribution in [0.15, 0.2) is 30.7 Å². The van der Waals surface area contributed by atoms with E-state index in [1.165, 1.54) is 0 Å². The molecule has 6 atom stereocenters. The maximum absolute atomic E-state index is 9.32. The summed E-state index contributed by atoms with van der Waals surface area (Å²) in [5.41, 5.74) is 59.1. The van der Waals surface area contributed by atoms with Crippen molar-refractivity contribution in [3.05, 3.63) is 96.0 Å². The Morgan fingerprint density at radius 3 is 0.583 bits per heavy atom. The summed E-state index contributed by atoms with van der Waals surface area (Å²) in [6.45, 7) is 0. The van der Waals surface area contributed by atoms with Crippen LogP contribution < -0.4 is 0 Å². The van der Waals surface area contributed by atoms with E-state index in [2.05, 4.69) is 60.2 Å². The van der Waals surface area contributed by atoms with Gasteiger partial charge in [0, 0.05) is 29.5 Å². The lowest BCUT2D eigenvalue weighted by molar-refractivity contribution is 0.423. The Morgan fingerprint density at radius 2 is 0.472 bits per heavy atom. The van der Waals surface area contributed by atoms with Crippen LogP contribution in [0.1, 0.15) is 108 Å². The van der Waals surface area contributed by atoms with Gasteiger partial charge in [0.15, 0.2) is 0 Å². The van der Waals surface area contributed by atoms with Gasteiger partial charge in [0.25, 0.3) is 0 Å². The van der Waals surface area contributed by atoms with Crippen LogP contribution in [0.2, 0.25) is 0 Å². The third kappa shape index (κ3) is 3.96. The van der Waals surface area contributed by atoms with E-state index >= 15 is 0 Å². The third-order valence-electron chi connectivity index (χ3n) is 7.03. The van der Waals surface area contributed by atoms with Gasteiger partial charge >= 0.3 is 0 Å². The van der Waals surface area contributed by atoms with Gasteiger partial charge in [-0.15, -0.1) is 0 Å². The second-order valence-electron chi connectivity index (χ2n) is 8.54. The van der Waals surface area contributed by atoms with Gasteiger partial charge in [-0.2, -0.15) is 0 Å². The molecule has 0 bridgehead atoms. The van der Waals surface area contributed by atoms with Crippen molar-refractivity contribution in [3.8, 4) is 0 Å². The number of rotatable bonds is 6. The molecule has 4 rings (SSSR count). The van der Waals surface area contributed by atoms with Crippen molar-refractivity contribution in [1.29, 1.82) is 0 Å². The summed E-state index contributed by atoms with van der Waals surface area (Å²) >= 11 is 0. The summed E-state index contributed by atoms with van der Waals surface area (Å²) in [5.74, 6) is 0. The predicted octanol–water partition coefficient (Wildman–Crippen LogP) is 9.18. The first-order valence-electron chi connectivity index (χ1n) is 11.1. The van der Waals surface area contributed by atoms with Gasteiger partial charge in [0.05, 0.1) is 36.3 Å². The molecule has 0 aromatic heterocycles. The summed E-state index contributed by atoms with van der Waals surface area (Å²) in [5, 5.41) is 23.9. The van der Waals surface area contributed by atoms with Gasteiger partial charge in [-0.1, -0.05) is 30.7 Å². The quantitative estimate of drug-likeness (QED) is 0.206. The summed E-state index contributed by atoms with van der Waals surface area (Å²) in [7, 11) is 0. The van der Waals surface area contributed by atoms with Gasteiger partial charge in [0.1, 0.15) is 0 Å². The summed E-state index contributed by atoms with van der Waals surface area (Å²) < 4.78 is 0. The molecule has 1 aromatic rings. The number of fused-ring (bicyclic) bond motifs is 6. The molecule has 36 heavy (non-hydrogen) atoms. The summed E-state index contributed by atoms with van der Waals surface area (Å²) in [6.07, 6.45) is 2.13. The minimum Gasteiger partial charge on any atom is -0.0859 e. The fourth-order valence-corrected chi connectivity index (χ4v) is 5.90. The zero-order chi connectivity index (χ0) is 25.7. The van der Waals surface area contributed by atoms with E-state index in [4.69, 9.17) is 0 Å². The van der Waals surface area contributed by atoms with Crippen molar-refractivity contribution in [2.75, 3.05) is 0 Å². The SMILES string of the molecule is [N-]=[N+]=N[C@H]1CC[C@H](N=[N+]=[N-])c2c1c1c(c3c2[C@@H](N=[N+]=[N-])CC[C@@H]3N=[N+]=[N-])[C@@H](N=[N+]=[N-])CC[C@@H]1N=[N+]=[N-]. The van der Waals surface area contributed by atoms with E-state index in [-0.39, 0.29) is 0 Å². The standard InChI is InChI=1S/C18H18N18/c19-31-25-7-1-2-8(26-32-20)14-13(7)15-9(27-33-21)3-4-11(29-35-23)17(15)18-12(30-36-24)6-5-10(16(14)18)28-34-22/h7-12H,1-6H2/t7-,8-,9-,10-,11-,12-/m0/s1. The zero-order valence-corrected chi connectivity index (χ0v) is 18.8. The van der Waals surface area contributed by atoms with Crippen LogP contribution in [0.4, 0.5) is 0 Å². The fourth-order valence-electron chi connectivity index (χ4n) is 5.90. The topological polar surface area (TPSA) is 293 Å². The van der Waals surface area contributed by atoms with Crippen molar-refractivity contribution in [2.45, 2.75) is 74.8 Å². The van der Waals surface area contributed by atoms with Crippen molar-refractivity contribution < 1.29 is 0 Å². The highest BCUT2D eigenvalue weighted by molar-refractivity contribution is 5.61. The molecule has 0 N–H and O–H groups in total. The fraction of sp³-hybridized carbons (Fsp3) is 0.667. The lowest BCUT2D eigenvalue weighted by atomic mass is 9.66. The van der Waals surface area contributed by atoms with E-state index < -0.39 is 36.3 Å². The van der Waals surface area contributed by atoms with Crippen LogP contribution in [-0.2, 0) is 0 Å². The number of nitrogens with zero attached hydrogens (tertiary/aromatic N) is 18. The molecule has 0 aliphatic heterocycles. The molecule has 0 saturated heterocycles. The first-order valence-corrected chi connectivity index (χ1v) is 11.1. The summed E-state index contributed by atoms with van der Waals surface area (Å²) in [6, 6.07) is -4.16. The van der Waals surface area contributed by atoms with E-state index in [1.54, 1.807) is 0 Å². The van der Waals surface area contributed by atoms with Gasteiger partial charge in [-0.25, -0.2) is 0 Å². The highest BCUT2D eigenvalue weighted by Crippen LogP contribution is 2.58. The molecule has 18 nitrogen and oxygen atoms in total. The van der Waals surface area contributed by atoms with E-state index in [0.717, 1.165) is 0 Å². The second-order valence-corrected chi connectivity index (χ2v) is 8.54. The Labute approximate surface area is 202 Å². The zero-order valence-electron chi connectivity index (χ0n) is 18.8. The highest BCUT2D eigenvalue weighted by atomic mass is 15.2. The maximum Gasteiger partial charge on any atom is 0.0631 e. The number of azide groups is 6. The molecule has 0 fully saturated rings. The second kappa shape index (κ2) is 10.6. The van der Waals surface area contributed by atoms with Gasteiger partial charge in [-0.3, -0.25) is 0 Å². The molecule has 0 saturated carbocycles. The molecule has 1 aromatic carbocycles. The molecular weight excluding hydrogens is 468 g/mol. The molecular formula is C18H18N18. The van der Waals surface area contributed by atoms with E-state index in [0.29, 0.717) is 71.9 Å². The maximum atomic E-state index is 9.32. The largest absolute Gasteiger partial charge is 0.0859 e. The molecule has 0 unspecified atom stereocenters. The Kier molecular flexibility index (Phi) is 7.10. The number of benzene rings is 1. The van der Waals surface area contributed by atoms with Gasteiger partial charge in [0.2, 0.25) is 0 Å². The Balaban J connectivity index is 2.29. The molecule has 0 amide bonds. The molecule has 0 spiro atoms. The first-order chi connectivity index (χ1) is 17.6. The summed E-state index contributed by atoms with van der Waals surface area (Å²) in [4.78, 5) is 18.0. The lowest BCUT2D eigenvalue weighted by Gasteiger charge is -2.43. The van der Waals surface area contributed by atoms with Crippen LogP contribution in [0.25, 0.3) is 62.7 Å². The van der Waals surface area contributed by atoms with Crippen molar-refractivity contribution in [2.24, 2.45) is 30.7 Å². The molecule has 0 radical (unpaired) electrons. The van der Waals surface area contributed by atoms with Crippen LogP contribution in [0, 0.1) is 0 Å². The smallest absolute Gasteiger partial charge is 0.0631 e. The number of hydrogen-bond acceptors (Lipinski definition) is 6. The van der Waals surface area contributed by atoms with Gasteiger partial charge < -0.3 is 0 Å². The predicted molar refractivity (Wildman–Crippen MR) is 125 cm³/mol. The molecule has 3 aliphatic rings. The lowest BCUT2D eigenvalue weighted by Crippen LogP contribution is -2.29. The highest BCUT2D eigenvalue weighted by Gasteiger charge is 2.44. The van der Waals surface area contributed by atoms with E-state index in [9.17, 15) is 33.2 Å². The minimum absolute atomic E-state index is 0.354. The Morgan fingerprint density at radius 1 is 0.333 bits per heavy atom. The molecule has 0 heterocycles.